The fourth-order valence-electron chi connectivity index (χ4n) is 5.63. The van der Waals surface area contributed by atoms with Crippen LogP contribution < -0.4 is 15.4 Å². The lowest BCUT2D eigenvalue weighted by Gasteiger charge is -2.30. The Bertz CT molecular complexity index is 1370. The predicted molar refractivity (Wildman–Crippen MR) is 162 cm³/mol. The second-order valence-electron chi connectivity index (χ2n) is 12.0. The molecule has 2 aromatic rings. The molecule has 0 saturated heterocycles. The van der Waals surface area contributed by atoms with Crippen LogP contribution in [0.4, 0.5) is 5.69 Å². The molecule has 3 amide bonds. The first-order valence-corrected chi connectivity index (χ1v) is 15.1. The third-order valence-corrected chi connectivity index (χ3v) is 7.58. The van der Waals surface area contributed by atoms with Crippen LogP contribution in [0.15, 0.2) is 48.5 Å². The van der Waals surface area contributed by atoms with Gasteiger partial charge in [0, 0.05) is 6.54 Å². The Kier molecular flexibility index (Phi) is 10.4. The van der Waals surface area contributed by atoms with E-state index in [2.05, 4.69) is 0 Å². The van der Waals surface area contributed by atoms with E-state index >= 15 is 0 Å². The highest BCUT2D eigenvalue weighted by molar-refractivity contribution is 6.21. The van der Waals surface area contributed by atoms with Crippen LogP contribution in [0.25, 0.3) is 0 Å². The number of ether oxygens (including phenoxy) is 3. The number of esters is 2. The zero-order valence-corrected chi connectivity index (χ0v) is 25.7. The molecule has 44 heavy (non-hydrogen) atoms. The lowest BCUT2D eigenvalue weighted by atomic mass is 9.85. The number of hydrogen-bond donors (Lipinski definition) is 1. The minimum absolute atomic E-state index is 0.120. The Morgan fingerprint density at radius 2 is 1.52 bits per heavy atom. The summed E-state index contributed by atoms with van der Waals surface area (Å²) in [4.78, 5) is 67.9. The zero-order chi connectivity index (χ0) is 32.0. The molecule has 2 aromatic carbocycles. The lowest BCUT2D eigenvalue weighted by molar-refractivity contribution is -0.155. The SMILES string of the molecule is CCOC(=O)[C@@H](CCCCCCN1C(=O)c2ccccc2C1=O)[C@@H]1C(=O)N(CC(=O)OC(C)(C)C)c2ccccc2OC1N. The van der Waals surface area contributed by atoms with Gasteiger partial charge in [-0.2, -0.15) is 0 Å². The number of amides is 3. The number of carbonyl (C=O) groups is 5. The number of anilines is 1. The van der Waals surface area contributed by atoms with E-state index in [0.29, 0.717) is 54.8 Å². The molecule has 11 nitrogen and oxygen atoms in total. The number of unbranched alkanes of at least 4 members (excludes halogenated alkanes) is 3. The maximum atomic E-state index is 14.1. The van der Waals surface area contributed by atoms with E-state index in [1.807, 2.05) is 0 Å². The van der Waals surface area contributed by atoms with Crippen molar-refractivity contribution in [3.63, 3.8) is 0 Å². The molecule has 11 heteroatoms. The summed E-state index contributed by atoms with van der Waals surface area (Å²) in [5.41, 5.74) is 6.88. The normalized spacial score (nSPS) is 18.7. The molecule has 0 radical (unpaired) electrons. The Labute approximate surface area is 257 Å². The first-order chi connectivity index (χ1) is 20.9. The van der Waals surface area contributed by atoms with Crippen molar-refractivity contribution in [3.8, 4) is 5.75 Å². The average molecular weight is 608 g/mol. The summed E-state index contributed by atoms with van der Waals surface area (Å²) in [6.07, 6.45) is 1.64. The van der Waals surface area contributed by atoms with Crippen LogP contribution in [0.3, 0.4) is 0 Å². The smallest absolute Gasteiger partial charge is 0.326 e. The first-order valence-electron chi connectivity index (χ1n) is 15.1. The molecule has 4 rings (SSSR count). The largest absolute Gasteiger partial charge is 0.473 e. The van der Waals surface area contributed by atoms with Gasteiger partial charge in [0.2, 0.25) is 5.91 Å². The van der Waals surface area contributed by atoms with E-state index < -0.39 is 41.5 Å². The van der Waals surface area contributed by atoms with Gasteiger partial charge in [-0.25, -0.2) is 0 Å². The summed E-state index contributed by atoms with van der Waals surface area (Å²) in [6.45, 7) is 6.93. The fraction of sp³-hybridized carbons (Fsp3) is 0.485. The molecular formula is C33H41N3O8. The summed E-state index contributed by atoms with van der Waals surface area (Å²) in [7, 11) is 0. The number of fused-ring (bicyclic) bond motifs is 2. The summed E-state index contributed by atoms with van der Waals surface area (Å²) < 4.78 is 16.8. The average Bonchev–Trinajstić information content (AvgIpc) is 3.15. The number of rotatable bonds is 12. The number of para-hydroxylation sites is 2. The molecule has 0 aliphatic carbocycles. The van der Waals surface area contributed by atoms with Gasteiger partial charge in [-0.3, -0.25) is 39.5 Å². The third kappa shape index (κ3) is 7.45. The third-order valence-electron chi connectivity index (χ3n) is 7.58. The summed E-state index contributed by atoms with van der Waals surface area (Å²) >= 11 is 0. The highest BCUT2D eigenvalue weighted by Gasteiger charge is 2.45. The van der Waals surface area contributed by atoms with Crippen LogP contribution in [0.5, 0.6) is 5.75 Å². The van der Waals surface area contributed by atoms with Crippen LogP contribution in [-0.4, -0.2) is 66.1 Å². The topological polar surface area (TPSA) is 146 Å². The van der Waals surface area contributed by atoms with Gasteiger partial charge in [-0.1, -0.05) is 43.5 Å². The van der Waals surface area contributed by atoms with E-state index in [0.717, 1.165) is 0 Å². The van der Waals surface area contributed by atoms with Crippen molar-refractivity contribution in [2.24, 2.45) is 17.6 Å². The molecule has 0 aromatic heterocycles. The molecule has 2 aliphatic heterocycles. The second-order valence-corrected chi connectivity index (χ2v) is 12.0. The Morgan fingerprint density at radius 3 is 2.16 bits per heavy atom. The van der Waals surface area contributed by atoms with Gasteiger partial charge in [-0.15, -0.1) is 0 Å². The first kappa shape index (κ1) is 32.7. The van der Waals surface area contributed by atoms with Crippen molar-refractivity contribution in [1.29, 1.82) is 0 Å². The molecule has 2 heterocycles. The molecular weight excluding hydrogens is 566 g/mol. The van der Waals surface area contributed by atoms with Crippen LogP contribution in [0, 0.1) is 11.8 Å². The van der Waals surface area contributed by atoms with Gasteiger partial charge in [0.1, 0.15) is 23.8 Å². The number of carbonyl (C=O) groups excluding carboxylic acids is 5. The number of nitrogens with zero attached hydrogens (tertiary/aromatic N) is 2. The molecule has 2 N–H and O–H groups in total. The molecule has 0 saturated carbocycles. The van der Waals surface area contributed by atoms with E-state index in [1.165, 1.54) is 9.80 Å². The zero-order valence-electron chi connectivity index (χ0n) is 25.7. The number of benzene rings is 2. The maximum Gasteiger partial charge on any atom is 0.326 e. The molecule has 2 aliphatic rings. The van der Waals surface area contributed by atoms with Crippen molar-refractivity contribution < 1.29 is 38.2 Å². The number of imide groups is 1. The van der Waals surface area contributed by atoms with E-state index in [-0.39, 0.29) is 31.4 Å². The van der Waals surface area contributed by atoms with Crippen molar-refractivity contribution in [1.82, 2.24) is 4.90 Å². The molecule has 0 spiro atoms. The second kappa shape index (κ2) is 14.0. The van der Waals surface area contributed by atoms with Gasteiger partial charge in [0.05, 0.1) is 29.3 Å². The Balaban J connectivity index is 1.43. The van der Waals surface area contributed by atoms with Crippen LogP contribution in [0.1, 0.15) is 80.5 Å². The van der Waals surface area contributed by atoms with Gasteiger partial charge in [-0.05, 0) is 64.8 Å². The lowest BCUT2D eigenvalue weighted by Crippen LogP contribution is -2.51. The van der Waals surface area contributed by atoms with Gasteiger partial charge in [0.25, 0.3) is 11.8 Å². The van der Waals surface area contributed by atoms with Crippen molar-refractivity contribution in [3.05, 3.63) is 59.7 Å². The van der Waals surface area contributed by atoms with E-state index in [1.54, 1.807) is 76.2 Å². The Morgan fingerprint density at radius 1 is 0.909 bits per heavy atom. The molecule has 236 valence electrons. The summed E-state index contributed by atoms with van der Waals surface area (Å²) in [6, 6.07) is 13.5. The van der Waals surface area contributed by atoms with Gasteiger partial charge >= 0.3 is 11.9 Å². The molecule has 0 fully saturated rings. The van der Waals surface area contributed by atoms with E-state index in [9.17, 15) is 24.0 Å². The summed E-state index contributed by atoms with van der Waals surface area (Å²) in [5, 5.41) is 0. The fourth-order valence-corrected chi connectivity index (χ4v) is 5.63. The van der Waals surface area contributed by atoms with Crippen molar-refractivity contribution in [2.75, 3.05) is 24.6 Å². The number of nitrogens with two attached hydrogens (primary N) is 1. The van der Waals surface area contributed by atoms with Crippen molar-refractivity contribution in [2.45, 2.75) is 71.6 Å². The quantitative estimate of drug-likeness (QED) is 0.214. The monoisotopic (exact) mass is 607 g/mol. The molecule has 0 bridgehead atoms. The van der Waals surface area contributed by atoms with Crippen LogP contribution in [0.2, 0.25) is 0 Å². The maximum absolute atomic E-state index is 14.1. The van der Waals surface area contributed by atoms with Gasteiger partial charge in [0.15, 0.2) is 6.23 Å². The Hall–Kier alpha value is -4.25. The van der Waals surface area contributed by atoms with E-state index in [4.69, 9.17) is 19.9 Å². The molecule has 3 atom stereocenters. The highest BCUT2D eigenvalue weighted by Crippen LogP contribution is 2.37. The minimum Gasteiger partial charge on any atom is -0.473 e. The van der Waals surface area contributed by atoms with Crippen molar-refractivity contribution >= 4 is 35.3 Å². The minimum atomic E-state index is -1.17. The molecule has 1 unspecified atom stereocenters. The van der Waals surface area contributed by atoms with Gasteiger partial charge < -0.3 is 14.2 Å². The standard InChI is InChI=1S/C33H41N3O8/c1-5-42-32(41)23(16-8-6-7-13-19-35-29(38)21-14-9-10-15-22(21)30(35)39)27-28(34)43-25-18-12-11-17-24(25)36(31(27)40)20-26(37)44-33(2,3)4/h9-12,14-15,17-18,23,27-28H,5-8,13,16,19-20,34H2,1-4H3/t23-,27-,28?/m0/s1. The summed E-state index contributed by atoms with van der Waals surface area (Å²) in [5.74, 6) is -4.02. The van der Waals surface area contributed by atoms with Crippen LogP contribution >= 0.6 is 0 Å². The number of hydrogen-bond acceptors (Lipinski definition) is 9. The predicted octanol–water partition coefficient (Wildman–Crippen LogP) is 4.08. The van der Waals surface area contributed by atoms with Crippen LogP contribution in [-0.2, 0) is 23.9 Å². The highest BCUT2D eigenvalue weighted by atomic mass is 16.6.